The van der Waals surface area contributed by atoms with Gasteiger partial charge in [0.15, 0.2) is 11.6 Å². The van der Waals surface area contributed by atoms with Gasteiger partial charge in [-0.1, -0.05) is 80.4 Å². The minimum atomic E-state index is -1.35. The van der Waals surface area contributed by atoms with Gasteiger partial charge in [-0.3, -0.25) is 0 Å². The second kappa shape index (κ2) is 7.04. The Balaban J connectivity index is 1.51. The maximum Gasteiger partial charge on any atom is 0.281 e. The number of benzene rings is 4. The van der Waals surface area contributed by atoms with E-state index in [0.717, 1.165) is 6.42 Å². The van der Waals surface area contributed by atoms with Gasteiger partial charge in [-0.25, -0.2) is 4.58 Å². The summed E-state index contributed by atoms with van der Waals surface area (Å²) in [6, 6.07) is 24.7. The van der Waals surface area contributed by atoms with E-state index in [1.54, 1.807) is 7.11 Å². The summed E-state index contributed by atoms with van der Waals surface area (Å²) < 4.78 is 8.31. The van der Waals surface area contributed by atoms with Gasteiger partial charge in [0, 0.05) is 19.1 Å². The zero-order chi connectivity index (χ0) is 27.1. The van der Waals surface area contributed by atoms with Crippen molar-refractivity contribution >= 4 is 33.6 Å². The molecule has 1 N–H and O–H groups in total. The summed E-state index contributed by atoms with van der Waals surface area (Å²) in [7, 11) is 1.64. The Bertz CT molecular complexity index is 1830. The molecule has 2 aliphatic carbocycles. The number of ether oxygens (including phenoxy) is 1. The van der Waals surface area contributed by atoms with Gasteiger partial charge < -0.3 is 9.84 Å². The minimum absolute atomic E-state index is 0.0469. The van der Waals surface area contributed by atoms with Gasteiger partial charge in [-0.2, -0.15) is 0 Å². The Morgan fingerprint density at radius 1 is 0.949 bits per heavy atom. The molecule has 0 amide bonds. The molecule has 1 saturated carbocycles. The van der Waals surface area contributed by atoms with Crippen LogP contribution in [0.15, 0.2) is 71.7 Å². The van der Waals surface area contributed by atoms with E-state index in [0.29, 0.717) is 0 Å². The summed E-state index contributed by atoms with van der Waals surface area (Å²) in [5.74, 6) is -1.24. The van der Waals surface area contributed by atoms with E-state index < -0.39 is 16.7 Å². The molecule has 196 valence electrons. The third kappa shape index (κ3) is 2.50. The lowest BCUT2D eigenvalue weighted by Crippen LogP contribution is -2.48. The largest absolute Gasteiger partial charge is 0.361 e. The van der Waals surface area contributed by atoms with Gasteiger partial charge in [0.05, 0.1) is 5.92 Å². The Kier molecular flexibility index (Phi) is 4.25. The summed E-state index contributed by atoms with van der Waals surface area (Å²) in [5, 5.41) is 17.2. The quantitative estimate of drug-likeness (QED) is 0.242. The molecular weight excluding hydrogens is 480 g/mol. The molecule has 0 saturated heterocycles. The molecule has 0 bridgehead atoms. The summed E-state index contributed by atoms with van der Waals surface area (Å²) >= 11 is 0. The standard InChI is InChI=1S/C35H35N2O2/c1-32(2,3)27-18-26-30(24-14-10-9-13-23(24)27)33(4)34(5,35(33,38)39-6)37-19-36-28-17-22-15-20-11-7-8-12-21(20)16-25(22)29(28)31(26)37/h7-16,18-19,28-29,38H,17H2,1-6H3/q+1. The fourth-order valence-electron chi connectivity index (χ4n) is 8.59. The lowest BCUT2D eigenvalue weighted by Gasteiger charge is -2.35. The molecule has 4 nitrogen and oxygen atoms in total. The monoisotopic (exact) mass is 515 g/mol. The SMILES string of the molecule is COC1(O)C2(C)c3c(cc(C(C)(C)C)c4ccccc34)C3=[N+](C=NC4Cc5cc6ccccc6cc5C34)C12C. The highest BCUT2D eigenvalue weighted by molar-refractivity contribution is 6.12. The van der Waals surface area contributed by atoms with Gasteiger partial charge in [0.1, 0.15) is 11.1 Å². The predicted octanol–water partition coefficient (Wildman–Crippen LogP) is 6.22. The molecule has 4 aromatic rings. The molecule has 4 heteroatoms. The molecule has 5 unspecified atom stereocenters. The van der Waals surface area contributed by atoms with Crippen LogP contribution in [0.2, 0.25) is 0 Å². The zero-order valence-electron chi connectivity index (χ0n) is 23.5. The smallest absolute Gasteiger partial charge is 0.281 e. The van der Waals surface area contributed by atoms with Crippen LogP contribution in [0.5, 0.6) is 0 Å². The van der Waals surface area contributed by atoms with Gasteiger partial charge >= 0.3 is 0 Å². The highest BCUT2D eigenvalue weighted by Crippen LogP contribution is 2.71. The van der Waals surface area contributed by atoms with Gasteiger partial charge in [0.25, 0.3) is 6.34 Å². The van der Waals surface area contributed by atoms with Crippen molar-refractivity contribution in [3.05, 3.63) is 94.5 Å². The number of methoxy groups -OCH3 is 1. The van der Waals surface area contributed by atoms with Gasteiger partial charge in [0.2, 0.25) is 5.79 Å². The van der Waals surface area contributed by atoms with E-state index >= 15 is 0 Å². The van der Waals surface area contributed by atoms with E-state index in [-0.39, 0.29) is 17.4 Å². The van der Waals surface area contributed by atoms with Crippen molar-refractivity contribution in [1.29, 1.82) is 0 Å². The average Bonchev–Trinajstić information content (AvgIpc) is 3.15. The van der Waals surface area contributed by atoms with E-state index in [1.165, 1.54) is 55.1 Å². The first kappa shape index (κ1) is 23.5. The van der Waals surface area contributed by atoms with Gasteiger partial charge in [-0.15, -0.1) is 0 Å². The second-order valence-electron chi connectivity index (χ2n) is 13.4. The summed E-state index contributed by atoms with van der Waals surface area (Å²) in [5.41, 5.74) is 6.39. The van der Waals surface area contributed by atoms with Crippen LogP contribution < -0.4 is 0 Å². The van der Waals surface area contributed by atoms with Crippen molar-refractivity contribution < 1.29 is 14.4 Å². The highest BCUT2D eigenvalue weighted by atomic mass is 16.6. The molecule has 0 aromatic heterocycles. The van der Waals surface area contributed by atoms with Crippen LogP contribution in [0.4, 0.5) is 0 Å². The average molecular weight is 516 g/mol. The fraction of sp³-hybridized carbons (Fsp3) is 0.371. The van der Waals surface area contributed by atoms with Crippen molar-refractivity contribution in [2.24, 2.45) is 4.99 Å². The fourth-order valence-corrected chi connectivity index (χ4v) is 8.59. The molecule has 8 rings (SSSR count). The summed E-state index contributed by atoms with van der Waals surface area (Å²) in [6.07, 6.45) is 2.93. The zero-order valence-corrected chi connectivity index (χ0v) is 23.5. The minimum Gasteiger partial charge on any atom is -0.361 e. The molecular formula is C35H35N2O2+. The number of fused-ring (bicyclic) bond motifs is 12. The second-order valence-corrected chi connectivity index (χ2v) is 13.4. The third-order valence-corrected chi connectivity index (χ3v) is 10.7. The maximum atomic E-state index is 12.2. The molecule has 1 fully saturated rings. The Morgan fingerprint density at radius 2 is 1.62 bits per heavy atom. The van der Waals surface area contributed by atoms with Crippen molar-refractivity contribution in [2.45, 2.75) is 75.2 Å². The number of nitrogens with zero attached hydrogens (tertiary/aromatic N) is 2. The van der Waals surface area contributed by atoms with Crippen molar-refractivity contribution in [3.63, 3.8) is 0 Å². The first-order valence-corrected chi connectivity index (χ1v) is 14.1. The Morgan fingerprint density at radius 3 is 2.31 bits per heavy atom. The lowest BCUT2D eigenvalue weighted by molar-refractivity contribution is -0.490. The van der Waals surface area contributed by atoms with Crippen LogP contribution in [0, 0.1) is 0 Å². The van der Waals surface area contributed by atoms with Crippen LogP contribution in [-0.2, 0) is 22.0 Å². The van der Waals surface area contributed by atoms with E-state index in [9.17, 15) is 5.11 Å². The van der Waals surface area contributed by atoms with Crippen LogP contribution in [0.3, 0.4) is 0 Å². The first-order valence-electron chi connectivity index (χ1n) is 14.1. The van der Waals surface area contributed by atoms with Crippen LogP contribution in [-0.4, -0.2) is 46.2 Å². The Hall–Kier alpha value is -3.34. The van der Waals surface area contributed by atoms with E-state index in [2.05, 4.69) is 106 Å². The lowest BCUT2D eigenvalue weighted by atomic mass is 9.72. The maximum absolute atomic E-state index is 12.2. The Labute approximate surface area is 229 Å². The molecule has 4 aromatic carbocycles. The van der Waals surface area contributed by atoms with Crippen LogP contribution in [0.25, 0.3) is 21.5 Å². The van der Waals surface area contributed by atoms with Crippen molar-refractivity contribution in [3.8, 4) is 0 Å². The van der Waals surface area contributed by atoms with Crippen LogP contribution in [0.1, 0.15) is 68.4 Å². The molecule has 2 heterocycles. The number of aliphatic imine (C=N–C) groups is 1. The predicted molar refractivity (Wildman–Crippen MR) is 157 cm³/mol. The third-order valence-electron chi connectivity index (χ3n) is 10.7. The normalized spacial score (nSPS) is 32.1. The summed E-state index contributed by atoms with van der Waals surface area (Å²) in [4.78, 5) is 5.15. The van der Waals surface area contributed by atoms with E-state index in [1.807, 2.05) is 6.34 Å². The van der Waals surface area contributed by atoms with Crippen molar-refractivity contribution in [2.75, 3.05) is 7.11 Å². The number of rotatable bonds is 1. The molecule has 0 spiro atoms. The highest BCUT2D eigenvalue weighted by Gasteiger charge is 2.92. The number of hydrogen-bond acceptors (Lipinski definition) is 3. The molecule has 5 atom stereocenters. The van der Waals surface area contributed by atoms with E-state index in [4.69, 9.17) is 9.73 Å². The number of hydrogen-bond donors (Lipinski definition) is 1. The first-order chi connectivity index (χ1) is 18.6. The van der Waals surface area contributed by atoms with Crippen molar-refractivity contribution in [1.82, 2.24) is 0 Å². The number of aliphatic hydroxyl groups is 1. The molecule has 4 aliphatic rings. The van der Waals surface area contributed by atoms with Crippen LogP contribution >= 0.6 is 0 Å². The molecule has 39 heavy (non-hydrogen) atoms. The topological polar surface area (TPSA) is 44.8 Å². The van der Waals surface area contributed by atoms with Gasteiger partial charge in [-0.05, 0) is 75.2 Å². The summed E-state index contributed by atoms with van der Waals surface area (Å²) in [6.45, 7) is 11.2. The molecule has 0 radical (unpaired) electrons. The molecule has 2 aliphatic heterocycles.